The molecule has 114 valence electrons. The van der Waals surface area contributed by atoms with E-state index in [1.807, 2.05) is 0 Å². The van der Waals surface area contributed by atoms with Crippen LogP contribution in [0, 0.1) is 11.3 Å². The Morgan fingerprint density at radius 2 is 1.80 bits per heavy atom. The molecule has 0 unspecified atom stereocenters. The van der Waals surface area contributed by atoms with Gasteiger partial charge in [0.05, 0.1) is 13.2 Å². The maximum atomic E-state index is 11.6. The molecule has 0 radical (unpaired) electrons. The Kier molecular flexibility index (Phi) is 5.40. The molecule has 0 aliphatic heterocycles. The standard InChI is InChI=1S/C15H26N2O3/c18-11-15(7-8-15)10-17-14(20)9-16-13(19)6-5-12-3-1-2-4-12/h12,18H,1-11H2,(H,16,19)(H,17,20). The molecular weight excluding hydrogens is 256 g/mol. The average Bonchev–Trinajstić information content (AvgIpc) is 3.06. The Labute approximate surface area is 120 Å². The van der Waals surface area contributed by atoms with E-state index in [0.717, 1.165) is 19.3 Å². The first-order chi connectivity index (χ1) is 9.63. The number of hydrogen-bond donors (Lipinski definition) is 3. The quantitative estimate of drug-likeness (QED) is 0.620. The monoisotopic (exact) mass is 282 g/mol. The van der Waals surface area contributed by atoms with Crippen molar-refractivity contribution in [1.82, 2.24) is 10.6 Å². The summed E-state index contributed by atoms with van der Waals surface area (Å²) in [4.78, 5) is 23.2. The van der Waals surface area contributed by atoms with Gasteiger partial charge in [-0.05, 0) is 25.2 Å². The lowest BCUT2D eigenvalue weighted by Crippen LogP contribution is -2.39. The van der Waals surface area contributed by atoms with Crippen LogP contribution in [0.5, 0.6) is 0 Å². The van der Waals surface area contributed by atoms with E-state index < -0.39 is 0 Å². The fraction of sp³-hybridized carbons (Fsp3) is 0.867. The van der Waals surface area contributed by atoms with E-state index in [2.05, 4.69) is 10.6 Å². The number of carbonyl (C=O) groups excluding carboxylic acids is 2. The molecule has 2 aliphatic rings. The van der Waals surface area contributed by atoms with Crippen LogP contribution in [-0.4, -0.2) is 36.6 Å². The van der Waals surface area contributed by atoms with Gasteiger partial charge in [-0.15, -0.1) is 0 Å². The maximum absolute atomic E-state index is 11.6. The normalized spacial score (nSPS) is 20.6. The molecule has 2 aliphatic carbocycles. The van der Waals surface area contributed by atoms with Crippen LogP contribution in [-0.2, 0) is 9.59 Å². The molecule has 2 fully saturated rings. The first-order valence-corrected chi connectivity index (χ1v) is 7.78. The molecule has 0 aromatic rings. The number of carbonyl (C=O) groups is 2. The van der Waals surface area contributed by atoms with E-state index in [-0.39, 0.29) is 30.4 Å². The zero-order valence-electron chi connectivity index (χ0n) is 12.1. The van der Waals surface area contributed by atoms with Crippen molar-refractivity contribution in [2.75, 3.05) is 19.7 Å². The van der Waals surface area contributed by atoms with Crippen LogP contribution in [0.4, 0.5) is 0 Å². The predicted molar refractivity (Wildman–Crippen MR) is 76.0 cm³/mol. The van der Waals surface area contributed by atoms with Crippen molar-refractivity contribution in [3.05, 3.63) is 0 Å². The summed E-state index contributed by atoms with van der Waals surface area (Å²) in [7, 11) is 0. The number of aliphatic hydroxyl groups is 1. The molecule has 2 amide bonds. The van der Waals surface area contributed by atoms with E-state index in [1.54, 1.807) is 0 Å². The highest BCUT2D eigenvalue weighted by Gasteiger charge is 2.41. The van der Waals surface area contributed by atoms with E-state index in [9.17, 15) is 9.59 Å². The minimum absolute atomic E-state index is 0.0321. The fourth-order valence-corrected chi connectivity index (χ4v) is 2.82. The molecule has 3 N–H and O–H groups in total. The second-order valence-electron chi connectivity index (χ2n) is 6.40. The number of aliphatic hydroxyl groups excluding tert-OH is 1. The lowest BCUT2D eigenvalue weighted by atomic mass is 10.0. The van der Waals surface area contributed by atoms with Gasteiger partial charge < -0.3 is 15.7 Å². The molecule has 2 saturated carbocycles. The van der Waals surface area contributed by atoms with Gasteiger partial charge in [-0.25, -0.2) is 0 Å². The molecule has 20 heavy (non-hydrogen) atoms. The van der Waals surface area contributed by atoms with Crippen LogP contribution in [0.15, 0.2) is 0 Å². The van der Waals surface area contributed by atoms with E-state index >= 15 is 0 Å². The first-order valence-electron chi connectivity index (χ1n) is 7.78. The molecule has 0 heterocycles. The molecule has 5 heteroatoms. The van der Waals surface area contributed by atoms with Gasteiger partial charge in [0.15, 0.2) is 0 Å². The van der Waals surface area contributed by atoms with Crippen LogP contribution in [0.1, 0.15) is 51.4 Å². The van der Waals surface area contributed by atoms with E-state index in [4.69, 9.17) is 5.11 Å². The second-order valence-corrected chi connectivity index (χ2v) is 6.40. The summed E-state index contributed by atoms with van der Waals surface area (Å²) in [6, 6.07) is 0. The summed E-state index contributed by atoms with van der Waals surface area (Å²) >= 11 is 0. The fourth-order valence-electron chi connectivity index (χ4n) is 2.82. The molecule has 0 atom stereocenters. The SMILES string of the molecule is O=C(CCC1CCCC1)NCC(=O)NCC1(CO)CC1. The zero-order valence-corrected chi connectivity index (χ0v) is 12.1. The van der Waals surface area contributed by atoms with Gasteiger partial charge in [0.2, 0.25) is 11.8 Å². The summed E-state index contributed by atoms with van der Waals surface area (Å²) in [5, 5.41) is 14.6. The zero-order chi connectivity index (χ0) is 14.4. The van der Waals surface area contributed by atoms with Gasteiger partial charge in [-0.2, -0.15) is 0 Å². The molecule has 0 saturated heterocycles. The lowest BCUT2D eigenvalue weighted by Gasteiger charge is -2.13. The minimum atomic E-state index is -0.168. The molecule has 0 aromatic carbocycles. The highest BCUT2D eigenvalue weighted by atomic mass is 16.3. The highest BCUT2D eigenvalue weighted by molar-refractivity contribution is 5.84. The third-order valence-electron chi connectivity index (χ3n) is 4.65. The van der Waals surface area contributed by atoms with Crippen LogP contribution in [0.25, 0.3) is 0 Å². The summed E-state index contributed by atoms with van der Waals surface area (Å²) < 4.78 is 0. The van der Waals surface area contributed by atoms with Crippen LogP contribution in [0.2, 0.25) is 0 Å². The summed E-state index contributed by atoms with van der Waals surface area (Å²) in [5.41, 5.74) is -0.0812. The molecule has 5 nitrogen and oxygen atoms in total. The minimum Gasteiger partial charge on any atom is -0.396 e. The van der Waals surface area contributed by atoms with Crippen LogP contribution >= 0.6 is 0 Å². The first kappa shape index (κ1) is 15.3. The van der Waals surface area contributed by atoms with Crippen LogP contribution < -0.4 is 10.6 Å². The van der Waals surface area contributed by atoms with Gasteiger partial charge in [-0.1, -0.05) is 25.7 Å². The third kappa shape index (κ3) is 4.78. The smallest absolute Gasteiger partial charge is 0.239 e. The van der Waals surface area contributed by atoms with Crippen molar-refractivity contribution in [3.8, 4) is 0 Å². The van der Waals surface area contributed by atoms with E-state index in [0.29, 0.717) is 18.9 Å². The molecular formula is C15H26N2O3. The Morgan fingerprint density at radius 1 is 1.10 bits per heavy atom. The lowest BCUT2D eigenvalue weighted by molar-refractivity contribution is -0.126. The summed E-state index contributed by atoms with van der Waals surface area (Å²) in [5.74, 6) is 0.503. The van der Waals surface area contributed by atoms with Crippen molar-refractivity contribution >= 4 is 11.8 Å². The van der Waals surface area contributed by atoms with Gasteiger partial charge in [0, 0.05) is 18.4 Å². The second kappa shape index (κ2) is 7.07. The van der Waals surface area contributed by atoms with Crippen molar-refractivity contribution in [1.29, 1.82) is 0 Å². The Morgan fingerprint density at radius 3 is 2.40 bits per heavy atom. The molecule has 0 spiro atoms. The number of rotatable bonds is 8. The Bertz CT molecular complexity index is 347. The molecule has 0 bridgehead atoms. The van der Waals surface area contributed by atoms with Gasteiger partial charge in [0.1, 0.15) is 0 Å². The van der Waals surface area contributed by atoms with Crippen molar-refractivity contribution in [2.45, 2.75) is 51.4 Å². The van der Waals surface area contributed by atoms with Gasteiger partial charge >= 0.3 is 0 Å². The Hall–Kier alpha value is -1.10. The molecule has 0 aromatic heterocycles. The van der Waals surface area contributed by atoms with Gasteiger partial charge in [-0.3, -0.25) is 9.59 Å². The van der Waals surface area contributed by atoms with Crippen LogP contribution in [0.3, 0.4) is 0 Å². The summed E-state index contributed by atoms with van der Waals surface area (Å²) in [6.07, 6.45) is 8.49. The largest absolute Gasteiger partial charge is 0.396 e. The van der Waals surface area contributed by atoms with Crippen molar-refractivity contribution < 1.29 is 14.7 Å². The van der Waals surface area contributed by atoms with Gasteiger partial charge in [0.25, 0.3) is 0 Å². The third-order valence-corrected chi connectivity index (χ3v) is 4.65. The van der Waals surface area contributed by atoms with Crippen molar-refractivity contribution in [3.63, 3.8) is 0 Å². The highest BCUT2D eigenvalue weighted by Crippen LogP contribution is 2.44. The van der Waals surface area contributed by atoms with E-state index in [1.165, 1.54) is 25.7 Å². The van der Waals surface area contributed by atoms with Crippen molar-refractivity contribution in [2.24, 2.45) is 11.3 Å². The Balaban J connectivity index is 1.52. The number of hydrogen-bond acceptors (Lipinski definition) is 3. The number of amides is 2. The topological polar surface area (TPSA) is 78.4 Å². The number of nitrogens with one attached hydrogen (secondary N) is 2. The maximum Gasteiger partial charge on any atom is 0.239 e. The predicted octanol–water partition coefficient (Wildman–Crippen LogP) is 0.962. The molecule has 2 rings (SSSR count). The summed E-state index contributed by atoms with van der Waals surface area (Å²) in [6.45, 7) is 0.687. The average molecular weight is 282 g/mol.